The third-order valence-corrected chi connectivity index (χ3v) is 4.47. The standard InChI is InChI=1S/C18H20/c1-14-8-6-7-11-17(14)18(2,16-12-13-16)15-9-4-3-5-10-15/h3-11,16H,12-13H2,1-2H3. The predicted octanol–water partition coefficient (Wildman–Crippen LogP) is 4.71. The van der Waals surface area contributed by atoms with Crippen molar-refractivity contribution in [3.05, 3.63) is 71.3 Å². The quantitative estimate of drug-likeness (QED) is 0.724. The molecule has 2 aromatic carbocycles. The molecule has 0 heterocycles. The van der Waals surface area contributed by atoms with Crippen LogP contribution >= 0.6 is 0 Å². The molecule has 0 aromatic heterocycles. The largest absolute Gasteiger partial charge is 0.0622 e. The topological polar surface area (TPSA) is 0 Å². The first-order chi connectivity index (χ1) is 8.73. The molecule has 92 valence electrons. The molecular weight excluding hydrogens is 216 g/mol. The molecule has 1 saturated carbocycles. The molecule has 0 heteroatoms. The van der Waals surface area contributed by atoms with Gasteiger partial charge in [0.1, 0.15) is 0 Å². The second kappa shape index (κ2) is 4.28. The van der Waals surface area contributed by atoms with Gasteiger partial charge in [-0.3, -0.25) is 0 Å². The van der Waals surface area contributed by atoms with E-state index in [-0.39, 0.29) is 5.41 Å². The zero-order valence-electron chi connectivity index (χ0n) is 11.2. The summed E-state index contributed by atoms with van der Waals surface area (Å²) in [4.78, 5) is 0. The van der Waals surface area contributed by atoms with Gasteiger partial charge in [-0.1, -0.05) is 61.5 Å². The van der Waals surface area contributed by atoms with Crippen molar-refractivity contribution in [3.8, 4) is 0 Å². The maximum Gasteiger partial charge on any atom is 0.0205 e. The van der Waals surface area contributed by atoms with Crippen molar-refractivity contribution in [2.75, 3.05) is 0 Å². The Morgan fingerprint density at radius 2 is 1.50 bits per heavy atom. The average Bonchev–Trinajstić information content (AvgIpc) is 3.24. The van der Waals surface area contributed by atoms with Gasteiger partial charge >= 0.3 is 0 Å². The van der Waals surface area contributed by atoms with Crippen molar-refractivity contribution >= 4 is 0 Å². The van der Waals surface area contributed by atoms with E-state index in [2.05, 4.69) is 68.4 Å². The number of rotatable bonds is 3. The van der Waals surface area contributed by atoms with E-state index in [9.17, 15) is 0 Å². The van der Waals surface area contributed by atoms with Gasteiger partial charge in [0.25, 0.3) is 0 Å². The van der Waals surface area contributed by atoms with E-state index in [1.165, 1.54) is 29.5 Å². The Balaban J connectivity index is 2.16. The zero-order chi connectivity index (χ0) is 12.6. The third kappa shape index (κ3) is 1.77. The van der Waals surface area contributed by atoms with Crippen LogP contribution in [0.1, 0.15) is 36.5 Å². The fourth-order valence-corrected chi connectivity index (χ4v) is 3.21. The molecule has 0 aliphatic heterocycles. The van der Waals surface area contributed by atoms with E-state index in [1.54, 1.807) is 0 Å². The highest BCUT2D eigenvalue weighted by atomic mass is 14.5. The Labute approximate surface area is 110 Å². The summed E-state index contributed by atoms with van der Waals surface area (Å²) in [6.07, 6.45) is 2.72. The first-order valence-corrected chi connectivity index (χ1v) is 6.84. The second-order valence-corrected chi connectivity index (χ2v) is 5.66. The van der Waals surface area contributed by atoms with Crippen LogP contribution in [0.2, 0.25) is 0 Å². The Morgan fingerprint density at radius 1 is 0.889 bits per heavy atom. The lowest BCUT2D eigenvalue weighted by atomic mass is 9.71. The Hall–Kier alpha value is -1.56. The van der Waals surface area contributed by atoms with Gasteiger partial charge in [-0.25, -0.2) is 0 Å². The molecule has 3 rings (SSSR count). The number of aryl methyl sites for hydroxylation is 1. The highest BCUT2D eigenvalue weighted by molar-refractivity contribution is 5.44. The summed E-state index contributed by atoms with van der Waals surface area (Å²) < 4.78 is 0. The van der Waals surface area contributed by atoms with Crippen molar-refractivity contribution in [2.45, 2.75) is 32.1 Å². The van der Waals surface area contributed by atoms with Crippen molar-refractivity contribution in [1.29, 1.82) is 0 Å². The lowest BCUT2D eigenvalue weighted by Gasteiger charge is -2.32. The van der Waals surface area contributed by atoms with Crippen LogP contribution in [0.15, 0.2) is 54.6 Å². The third-order valence-electron chi connectivity index (χ3n) is 4.47. The van der Waals surface area contributed by atoms with E-state index >= 15 is 0 Å². The minimum absolute atomic E-state index is 0.187. The van der Waals surface area contributed by atoms with Gasteiger partial charge in [0.05, 0.1) is 0 Å². The molecular formula is C18H20. The van der Waals surface area contributed by atoms with Crippen molar-refractivity contribution < 1.29 is 0 Å². The maximum absolute atomic E-state index is 2.42. The lowest BCUT2D eigenvalue weighted by molar-refractivity contribution is 0.492. The van der Waals surface area contributed by atoms with Crippen LogP contribution in [-0.2, 0) is 5.41 Å². The molecule has 1 fully saturated rings. The summed E-state index contributed by atoms with van der Waals surface area (Å²) in [5.41, 5.74) is 4.56. The number of benzene rings is 2. The molecule has 0 bridgehead atoms. The Bertz CT molecular complexity index is 537. The molecule has 0 spiro atoms. The summed E-state index contributed by atoms with van der Waals surface area (Å²) in [6, 6.07) is 19.8. The van der Waals surface area contributed by atoms with Gasteiger partial charge in [-0.2, -0.15) is 0 Å². The summed E-state index contributed by atoms with van der Waals surface area (Å²) in [6.45, 7) is 4.65. The molecule has 1 aliphatic carbocycles. The molecule has 0 saturated heterocycles. The number of hydrogen-bond acceptors (Lipinski definition) is 0. The molecule has 1 atom stereocenters. The van der Waals surface area contributed by atoms with Gasteiger partial charge < -0.3 is 0 Å². The molecule has 2 aromatic rings. The van der Waals surface area contributed by atoms with Crippen LogP contribution in [0.4, 0.5) is 0 Å². The van der Waals surface area contributed by atoms with E-state index in [0.29, 0.717) is 0 Å². The molecule has 1 unspecified atom stereocenters. The summed E-state index contributed by atoms with van der Waals surface area (Å²) >= 11 is 0. The van der Waals surface area contributed by atoms with Crippen molar-refractivity contribution in [2.24, 2.45) is 5.92 Å². The fraction of sp³-hybridized carbons (Fsp3) is 0.333. The first-order valence-electron chi connectivity index (χ1n) is 6.84. The van der Waals surface area contributed by atoms with Gasteiger partial charge in [0.2, 0.25) is 0 Å². The molecule has 0 amide bonds. The lowest BCUT2D eigenvalue weighted by Crippen LogP contribution is -2.27. The highest BCUT2D eigenvalue weighted by Crippen LogP contribution is 2.51. The SMILES string of the molecule is Cc1ccccc1C(C)(c1ccccc1)C1CC1. The van der Waals surface area contributed by atoms with Crippen LogP contribution in [0.3, 0.4) is 0 Å². The van der Waals surface area contributed by atoms with Crippen LogP contribution in [0.25, 0.3) is 0 Å². The molecule has 0 N–H and O–H groups in total. The normalized spacial score (nSPS) is 18.3. The van der Waals surface area contributed by atoms with Gasteiger partial charge in [0.15, 0.2) is 0 Å². The highest BCUT2D eigenvalue weighted by Gasteiger charge is 2.44. The average molecular weight is 236 g/mol. The smallest absolute Gasteiger partial charge is 0.0205 e. The van der Waals surface area contributed by atoms with E-state index in [0.717, 1.165) is 5.92 Å². The second-order valence-electron chi connectivity index (χ2n) is 5.66. The van der Waals surface area contributed by atoms with Crippen LogP contribution in [-0.4, -0.2) is 0 Å². The minimum atomic E-state index is 0.187. The monoisotopic (exact) mass is 236 g/mol. The first kappa shape index (κ1) is 11.5. The van der Waals surface area contributed by atoms with E-state index < -0.39 is 0 Å². The summed E-state index contributed by atoms with van der Waals surface area (Å²) in [5.74, 6) is 0.806. The summed E-state index contributed by atoms with van der Waals surface area (Å²) in [5, 5.41) is 0. The van der Waals surface area contributed by atoms with Gasteiger partial charge in [0, 0.05) is 5.41 Å². The van der Waals surface area contributed by atoms with Crippen LogP contribution < -0.4 is 0 Å². The Morgan fingerprint density at radius 3 is 2.11 bits per heavy atom. The predicted molar refractivity (Wildman–Crippen MR) is 76.8 cm³/mol. The fourth-order valence-electron chi connectivity index (χ4n) is 3.21. The van der Waals surface area contributed by atoms with Gasteiger partial charge in [-0.15, -0.1) is 0 Å². The van der Waals surface area contributed by atoms with Gasteiger partial charge in [-0.05, 0) is 42.4 Å². The minimum Gasteiger partial charge on any atom is -0.0622 e. The molecule has 0 nitrogen and oxygen atoms in total. The molecule has 18 heavy (non-hydrogen) atoms. The zero-order valence-corrected chi connectivity index (χ0v) is 11.2. The van der Waals surface area contributed by atoms with Crippen LogP contribution in [0.5, 0.6) is 0 Å². The Kier molecular flexibility index (Phi) is 2.74. The summed E-state index contributed by atoms with van der Waals surface area (Å²) in [7, 11) is 0. The molecule has 0 radical (unpaired) electrons. The maximum atomic E-state index is 2.42. The molecule has 1 aliphatic rings. The van der Waals surface area contributed by atoms with E-state index in [4.69, 9.17) is 0 Å². The number of hydrogen-bond donors (Lipinski definition) is 0. The van der Waals surface area contributed by atoms with Crippen LogP contribution in [0, 0.1) is 12.8 Å². The van der Waals surface area contributed by atoms with Crippen molar-refractivity contribution in [3.63, 3.8) is 0 Å². The van der Waals surface area contributed by atoms with E-state index in [1.807, 2.05) is 0 Å². The van der Waals surface area contributed by atoms with Crippen molar-refractivity contribution in [1.82, 2.24) is 0 Å².